The van der Waals surface area contributed by atoms with Crippen LogP contribution in [-0.2, 0) is 6.54 Å². The van der Waals surface area contributed by atoms with Crippen LogP contribution >= 0.6 is 11.6 Å². The van der Waals surface area contributed by atoms with E-state index in [0.29, 0.717) is 5.69 Å². The van der Waals surface area contributed by atoms with Crippen LogP contribution in [0, 0.1) is 0 Å². The van der Waals surface area contributed by atoms with Crippen LogP contribution in [0.25, 0.3) is 5.65 Å². The first-order valence-corrected chi connectivity index (χ1v) is 8.21. The Labute approximate surface area is 143 Å². The van der Waals surface area contributed by atoms with Gasteiger partial charge in [-0.2, -0.15) is 5.10 Å². The van der Waals surface area contributed by atoms with E-state index in [9.17, 15) is 4.79 Å². The molecule has 0 amide bonds. The van der Waals surface area contributed by atoms with Crippen LogP contribution in [0.4, 0.5) is 5.69 Å². The van der Waals surface area contributed by atoms with E-state index in [1.54, 1.807) is 6.20 Å². The zero-order valence-electron chi connectivity index (χ0n) is 13.0. The molecule has 3 aromatic rings. The second-order valence-electron chi connectivity index (χ2n) is 5.86. The van der Waals surface area contributed by atoms with Crippen molar-refractivity contribution in [3.8, 4) is 0 Å². The molecule has 0 unspecified atom stereocenters. The van der Waals surface area contributed by atoms with Gasteiger partial charge < -0.3 is 9.30 Å². The number of piperazine rings is 1. The lowest BCUT2D eigenvalue weighted by Crippen LogP contribution is -2.46. The Morgan fingerprint density at radius 2 is 2.04 bits per heavy atom. The first kappa shape index (κ1) is 15.2. The van der Waals surface area contributed by atoms with Crippen molar-refractivity contribution in [2.24, 2.45) is 0 Å². The largest absolute Gasteiger partial charge is 0.366 e. The molecule has 0 bridgehead atoms. The van der Waals surface area contributed by atoms with Gasteiger partial charge in [-0.3, -0.25) is 9.69 Å². The van der Waals surface area contributed by atoms with Gasteiger partial charge in [-0.1, -0.05) is 17.7 Å². The molecule has 7 nitrogen and oxygen atoms in total. The van der Waals surface area contributed by atoms with Gasteiger partial charge in [0, 0.05) is 45.1 Å². The Kier molecular flexibility index (Phi) is 3.95. The Morgan fingerprint density at radius 3 is 2.83 bits per heavy atom. The van der Waals surface area contributed by atoms with E-state index in [1.807, 2.05) is 28.8 Å². The molecule has 8 heteroatoms. The number of nitrogens with one attached hydrogen (secondary N) is 1. The summed E-state index contributed by atoms with van der Waals surface area (Å²) in [6.45, 7) is 4.20. The van der Waals surface area contributed by atoms with Crippen LogP contribution in [0.2, 0.25) is 5.02 Å². The maximum atomic E-state index is 11.6. The number of fused-ring (bicyclic) bond motifs is 1. The van der Waals surface area contributed by atoms with Crippen molar-refractivity contribution < 1.29 is 0 Å². The molecular weight excluding hydrogens is 328 g/mol. The van der Waals surface area contributed by atoms with E-state index in [4.69, 9.17) is 11.6 Å². The number of halogens is 1. The van der Waals surface area contributed by atoms with Gasteiger partial charge in [0.05, 0.1) is 17.6 Å². The lowest BCUT2D eigenvalue weighted by molar-refractivity contribution is 0.247. The molecule has 1 N–H and O–H groups in total. The van der Waals surface area contributed by atoms with Crippen LogP contribution in [0.1, 0.15) is 5.69 Å². The second-order valence-corrected chi connectivity index (χ2v) is 6.24. The molecule has 1 aliphatic heterocycles. The Hall–Kier alpha value is -2.38. The summed E-state index contributed by atoms with van der Waals surface area (Å²) in [6.07, 6.45) is 5.69. The molecule has 0 aliphatic carbocycles. The number of H-pyrrole nitrogens is 1. The molecule has 24 heavy (non-hydrogen) atoms. The molecule has 1 fully saturated rings. The number of rotatable bonds is 3. The summed E-state index contributed by atoms with van der Waals surface area (Å²) in [5, 5.41) is 6.40. The molecule has 0 aromatic carbocycles. The van der Waals surface area contributed by atoms with E-state index in [0.717, 1.165) is 44.1 Å². The summed E-state index contributed by atoms with van der Waals surface area (Å²) in [5.41, 5.74) is 2.38. The highest BCUT2D eigenvalue weighted by molar-refractivity contribution is 6.32. The topological polar surface area (TPSA) is 69.5 Å². The van der Waals surface area contributed by atoms with Gasteiger partial charge in [0.2, 0.25) is 0 Å². The zero-order valence-corrected chi connectivity index (χ0v) is 13.8. The molecule has 4 rings (SSSR count). The minimum absolute atomic E-state index is 0.207. The van der Waals surface area contributed by atoms with Gasteiger partial charge >= 0.3 is 0 Å². The highest BCUT2D eigenvalue weighted by Gasteiger charge is 2.21. The standard InChI is InChI=1S/C16H17ClN6O/c17-15-13(9-18-20-16(15)24)22-7-5-21(6-8-22)10-12-11-23-4-2-1-3-14(23)19-12/h1-4,9,11H,5-8,10H2,(H,20,24). The number of aromatic amines is 1. The van der Waals surface area contributed by atoms with Crippen molar-refractivity contribution in [3.05, 3.63) is 57.9 Å². The summed E-state index contributed by atoms with van der Waals surface area (Å²) in [4.78, 5) is 20.7. The molecular formula is C16H17ClN6O. The number of hydrogen-bond donors (Lipinski definition) is 1. The number of hydrogen-bond acceptors (Lipinski definition) is 5. The molecule has 0 saturated carbocycles. The van der Waals surface area contributed by atoms with Crippen molar-refractivity contribution in [1.82, 2.24) is 24.5 Å². The van der Waals surface area contributed by atoms with Crippen LogP contribution in [-0.4, -0.2) is 50.7 Å². The van der Waals surface area contributed by atoms with Gasteiger partial charge in [0.25, 0.3) is 5.56 Å². The highest BCUT2D eigenvalue weighted by atomic mass is 35.5. The van der Waals surface area contributed by atoms with Gasteiger partial charge in [0.15, 0.2) is 0 Å². The number of nitrogens with zero attached hydrogens (tertiary/aromatic N) is 5. The van der Waals surface area contributed by atoms with Gasteiger partial charge in [-0.25, -0.2) is 10.1 Å². The summed E-state index contributed by atoms with van der Waals surface area (Å²) in [5.74, 6) is 0. The minimum atomic E-state index is -0.346. The molecule has 0 radical (unpaired) electrons. The molecule has 1 saturated heterocycles. The Morgan fingerprint density at radius 1 is 1.21 bits per heavy atom. The fraction of sp³-hybridized carbons (Fsp3) is 0.312. The van der Waals surface area contributed by atoms with Crippen LogP contribution < -0.4 is 10.5 Å². The first-order valence-electron chi connectivity index (χ1n) is 7.84. The molecule has 0 spiro atoms. The monoisotopic (exact) mass is 344 g/mol. The normalized spacial score (nSPS) is 16.0. The SMILES string of the molecule is O=c1[nH]ncc(N2CCN(Cc3cn4ccccc4n3)CC2)c1Cl. The Balaban J connectivity index is 1.42. The van der Waals surface area contributed by atoms with Crippen LogP contribution in [0.5, 0.6) is 0 Å². The first-order chi connectivity index (χ1) is 11.7. The molecule has 124 valence electrons. The van der Waals surface area contributed by atoms with E-state index in [1.165, 1.54) is 0 Å². The number of anilines is 1. The summed E-state index contributed by atoms with van der Waals surface area (Å²) < 4.78 is 2.03. The van der Waals surface area contributed by atoms with Gasteiger partial charge in [-0.05, 0) is 12.1 Å². The summed E-state index contributed by atoms with van der Waals surface area (Å²) in [7, 11) is 0. The minimum Gasteiger partial charge on any atom is -0.366 e. The summed E-state index contributed by atoms with van der Waals surface area (Å²) >= 11 is 6.09. The van der Waals surface area contributed by atoms with Crippen molar-refractivity contribution in [2.75, 3.05) is 31.1 Å². The third kappa shape index (κ3) is 2.88. The average molecular weight is 345 g/mol. The maximum absolute atomic E-state index is 11.6. The van der Waals surface area contributed by atoms with Crippen LogP contribution in [0.3, 0.4) is 0 Å². The van der Waals surface area contributed by atoms with Crippen molar-refractivity contribution >= 4 is 22.9 Å². The third-order valence-electron chi connectivity index (χ3n) is 4.29. The highest BCUT2D eigenvalue weighted by Crippen LogP contribution is 2.22. The molecule has 0 atom stereocenters. The fourth-order valence-corrected chi connectivity index (χ4v) is 3.24. The van der Waals surface area contributed by atoms with E-state index in [-0.39, 0.29) is 10.6 Å². The quantitative estimate of drug-likeness (QED) is 0.777. The van der Waals surface area contributed by atoms with E-state index in [2.05, 4.69) is 31.2 Å². The van der Waals surface area contributed by atoms with E-state index < -0.39 is 0 Å². The number of aromatic nitrogens is 4. The Bertz CT molecular complexity index is 879. The maximum Gasteiger partial charge on any atom is 0.285 e. The predicted molar refractivity (Wildman–Crippen MR) is 92.5 cm³/mol. The van der Waals surface area contributed by atoms with Crippen molar-refractivity contribution in [1.29, 1.82) is 0 Å². The zero-order chi connectivity index (χ0) is 16.5. The number of pyridine rings is 1. The van der Waals surface area contributed by atoms with E-state index >= 15 is 0 Å². The summed E-state index contributed by atoms with van der Waals surface area (Å²) in [6, 6.07) is 5.99. The molecule has 3 aromatic heterocycles. The van der Waals surface area contributed by atoms with Crippen LogP contribution in [0.15, 0.2) is 41.6 Å². The number of imidazole rings is 1. The van der Waals surface area contributed by atoms with Gasteiger partial charge in [0.1, 0.15) is 10.7 Å². The molecule has 4 heterocycles. The smallest absolute Gasteiger partial charge is 0.285 e. The van der Waals surface area contributed by atoms with Crippen molar-refractivity contribution in [3.63, 3.8) is 0 Å². The third-order valence-corrected chi connectivity index (χ3v) is 4.65. The fourth-order valence-electron chi connectivity index (χ4n) is 3.03. The second kappa shape index (κ2) is 6.26. The predicted octanol–water partition coefficient (Wildman–Crippen LogP) is 1.39. The average Bonchev–Trinajstić information content (AvgIpc) is 3.00. The lowest BCUT2D eigenvalue weighted by Gasteiger charge is -2.35. The van der Waals surface area contributed by atoms with Crippen molar-refractivity contribution in [2.45, 2.75) is 6.54 Å². The molecule has 1 aliphatic rings. The lowest BCUT2D eigenvalue weighted by atomic mass is 10.2. The van der Waals surface area contributed by atoms with Gasteiger partial charge in [-0.15, -0.1) is 0 Å².